The summed E-state index contributed by atoms with van der Waals surface area (Å²) in [4.78, 5) is 0. The lowest BCUT2D eigenvalue weighted by Crippen LogP contribution is -2.12. The minimum Gasteiger partial charge on any atom is -0.493 e. The van der Waals surface area contributed by atoms with Crippen molar-refractivity contribution < 1.29 is 13.9 Å². The zero-order valence-corrected chi connectivity index (χ0v) is 17.9. The maximum atomic E-state index is 5.95. The first kappa shape index (κ1) is 21.6. The molecule has 0 aliphatic carbocycles. The van der Waals surface area contributed by atoms with Crippen molar-refractivity contribution in [3.63, 3.8) is 0 Å². The van der Waals surface area contributed by atoms with Crippen LogP contribution in [0.4, 0.5) is 0 Å². The number of hydrogen-bond donors (Lipinski definition) is 1. The molecule has 0 spiro atoms. The van der Waals surface area contributed by atoms with Crippen LogP contribution < -0.4 is 14.8 Å². The molecule has 2 aromatic carbocycles. The van der Waals surface area contributed by atoms with Crippen molar-refractivity contribution in [3.05, 3.63) is 81.2 Å². The lowest BCUT2D eigenvalue weighted by atomic mass is 10.2. The molecule has 27 heavy (non-hydrogen) atoms. The Hall–Kier alpha value is -1.66. The van der Waals surface area contributed by atoms with E-state index in [1.54, 1.807) is 13.4 Å². The molecule has 1 heterocycles. The summed E-state index contributed by atoms with van der Waals surface area (Å²) in [7, 11) is 1.64. The van der Waals surface area contributed by atoms with E-state index < -0.39 is 0 Å². The fourth-order valence-corrected chi connectivity index (χ4v) is 3.22. The summed E-state index contributed by atoms with van der Waals surface area (Å²) in [6.07, 6.45) is 1.67. The van der Waals surface area contributed by atoms with Crippen LogP contribution in [0, 0.1) is 0 Å². The lowest BCUT2D eigenvalue weighted by Gasteiger charge is -2.15. The van der Waals surface area contributed by atoms with Gasteiger partial charge in [-0.05, 0) is 63.5 Å². The predicted octanol–water partition coefficient (Wildman–Crippen LogP) is 5.99. The van der Waals surface area contributed by atoms with Crippen LogP contribution in [0.2, 0.25) is 5.02 Å². The van der Waals surface area contributed by atoms with Gasteiger partial charge in [-0.2, -0.15) is 0 Å². The zero-order chi connectivity index (χ0) is 18.4. The highest BCUT2D eigenvalue weighted by molar-refractivity contribution is 9.10. The Morgan fingerprint density at radius 2 is 1.85 bits per heavy atom. The van der Waals surface area contributed by atoms with Gasteiger partial charge in [-0.15, -0.1) is 12.4 Å². The second-order valence-corrected chi connectivity index (χ2v) is 7.00. The Morgan fingerprint density at radius 1 is 1.07 bits per heavy atom. The van der Waals surface area contributed by atoms with Crippen LogP contribution in [0.3, 0.4) is 0 Å². The Bertz CT molecular complexity index is 839. The van der Waals surface area contributed by atoms with Gasteiger partial charge in [0.2, 0.25) is 0 Å². The summed E-state index contributed by atoms with van der Waals surface area (Å²) >= 11 is 9.50. The van der Waals surface area contributed by atoms with Crippen molar-refractivity contribution in [1.82, 2.24) is 5.32 Å². The van der Waals surface area contributed by atoms with E-state index in [4.69, 9.17) is 25.5 Å². The van der Waals surface area contributed by atoms with Gasteiger partial charge in [-0.3, -0.25) is 0 Å². The monoisotopic (exact) mass is 471 g/mol. The molecule has 4 nitrogen and oxygen atoms in total. The van der Waals surface area contributed by atoms with Gasteiger partial charge in [-0.1, -0.05) is 23.7 Å². The number of rotatable bonds is 8. The van der Waals surface area contributed by atoms with E-state index in [9.17, 15) is 0 Å². The second-order valence-electron chi connectivity index (χ2n) is 5.71. The number of furan rings is 1. The fraction of sp³-hybridized carbons (Fsp3) is 0.200. The van der Waals surface area contributed by atoms with Gasteiger partial charge < -0.3 is 19.2 Å². The van der Waals surface area contributed by atoms with E-state index in [1.165, 1.54) is 0 Å². The van der Waals surface area contributed by atoms with Gasteiger partial charge in [0.25, 0.3) is 0 Å². The minimum atomic E-state index is 0. The first-order valence-electron chi connectivity index (χ1n) is 8.12. The highest BCUT2D eigenvalue weighted by Gasteiger charge is 2.12. The average molecular weight is 473 g/mol. The molecule has 0 unspecified atom stereocenters. The number of nitrogens with one attached hydrogen (secondary N) is 1. The third-order valence-corrected chi connectivity index (χ3v) is 4.64. The molecule has 0 fully saturated rings. The summed E-state index contributed by atoms with van der Waals surface area (Å²) in [6.45, 7) is 1.79. The minimum absolute atomic E-state index is 0. The maximum Gasteiger partial charge on any atom is 0.175 e. The van der Waals surface area contributed by atoms with E-state index >= 15 is 0 Å². The number of halogens is 3. The zero-order valence-electron chi connectivity index (χ0n) is 14.7. The van der Waals surface area contributed by atoms with E-state index in [0.29, 0.717) is 36.2 Å². The summed E-state index contributed by atoms with van der Waals surface area (Å²) in [5.74, 6) is 2.26. The quantitative estimate of drug-likeness (QED) is 0.437. The number of hydrogen-bond acceptors (Lipinski definition) is 4. The highest BCUT2D eigenvalue weighted by atomic mass is 79.9. The molecule has 0 radical (unpaired) electrons. The van der Waals surface area contributed by atoms with Crippen LogP contribution in [0.25, 0.3) is 0 Å². The third-order valence-electron chi connectivity index (χ3n) is 3.79. The molecule has 0 amide bonds. The van der Waals surface area contributed by atoms with Gasteiger partial charge >= 0.3 is 0 Å². The standard InChI is InChI=1S/C20H19BrClNO3.ClH/c1-24-19-10-15(11-23-12-17-3-2-8-25-17)9-18(21)20(19)26-13-14-4-6-16(22)7-5-14;/h2-10,23H,11-13H2,1H3;1H. The molecule has 3 rings (SSSR count). The number of methoxy groups -OCH3 is 1. The fourth-order valence-electron chi connectivity index (χ4n) is 2.49. The number of benzene rings is 2. The van der Waals surface area contributed by atoms with E-state index in [2.05, 4.69) is 21.2 Å². The Balaban J connectivity index is 0.00000261. The second kappa shape index (κ2) is 10.6. The summed E-state index contributed by atoms with van der Waals surface area (Å²) in [5, 5.41) is 4.05. The maximum absolute atomic E-state index is 5.95. The summed E-state index contributed by atoms with van der Waals surface area (Å²) in [6, 6.07) is 15.4. The smallest absolute Gasteiger partial charge is 0.175 e. The number of ether oxygens (including phenoxy) is 2. The molecule has 0 saturated heterocycles. The van der Waals surface area contributed by atoms with Crippen LogP contribution in [0.5, 0.6) is 11.5 Å². The van der Waals surface area contributed by atoms with Crippen LogP contribution in [0.15, 0.2) is 63.7 Å². The molecular formula is C20H20BrCl2NO3. The van der Waals surface area contributed by atoms with Gasteiger partial charge in [-0.25, -0.2) is 0 Å². The topological polar surface area (TPSA) is 43.6 Å². The van der Waals surface area contributed by atoms with Crippen molar-refractivity contribution in [1.29, 1.82) is 0 Å². The average Bonchev–Trinajstić information content (AvgIpc) is 3.15. The van der Waals surface area contributed by atoms with E-state index in [0.717, 1.165) is 21.4 Å². The molecule has 1 N–H and O–H groups in total. The van der Waals surface area contributed by atoms with Crippen molar-refractivity contribution in [3.8, 4) is 11.5 Å². The van der Waals surface area contributed by atoms with Gasteiger partial charge in [0, 0.05) is 11.6 Å². The molecule has 0 atom stereocenters. The molecule has 7 heteroatoms. The first-order valence-corrected chi connectivity index (χ1v) is 9.29. The molecule has 0 bridgehead atoms. The SMILES string of the molecule is COc1cc(CNCc2ccco2)cc(Br)c1OCc1ccc(Cl)cc1.Cl. The van der Waals surface area contributed by atoms with Crippen molar-refractivity contribution >= 4 is 39.9 Å². The highest BCUT2D eigenvalue weighted by Crippen LogP contribution is 2.37. The molecule has 3 aromatic rings. The largest absolute Gasteiger partial charge is 0.493 e. The summed E-state index contributed by atoms with van der Waals surface area (Å²) < 4.78 is 17.6. The van der Waals surface area contributed by atoms with Gasteiger partial charge in [0.05, 0.1) is 24.4 Å². The van der Waals surface area contributed by atoms with Crippen LogP contribution >= 0.6 is 39.9 Å². The normalized spacial score (nSPS) is 10.3. The summed E-state index contributed by atoms with van der Waals surface area (Å²) in [5.41, 5.74) is 2.12. The van der Waals surface area contributed by atoms with Crippen LogP contribution in [-0.4, -0.2) is 7.11 Å². The van der Waals surface area contributed by atoms with Gasteiger partial charge in [0.15, 0.2) is 11.5 Å². The Labute approximate surface area is 178 Å². The Kier molecular flexibility index (Phi) is 8.51. The molecule has 0 aliphatic rings. The van der Waals surface area contributed by atoms with Crippen molar-refractivity contribution in [2.75, 3.05) is 7.11 Å². The molecule has 144 valence electrons. The van der Waals surface area contributed by atoms with Crippen molar-refractivity contribution in [2.45, 2.75) is 19.7 Å². The first-order chi connectivity index (χ1) is 12.7. The van der Waals surface area contributed by atoms with Gasteiger partial charge in [0.1, 0.15) is 12.4 Å². The molecular weight excluding hydrogens is 453 g/mol. The van der Waals surface area contributed by atoms with Crippen molar-refractivity contribution in [2.24, 2.45) is 0 Å². The van der Waals surface area contributed by atoms with E-state index in [1.807, 2.05) is 48.5 Å². The van der Waals surface area contributed by atoms with Crippen LogP contribution in [0.1, 0.15) is 16.9 Å². The van der Waals surface area contributed by atoms with E-state index in [-0.39, 0.29) is 12.4 Å². The Morgan fingerprint density at radius 3 is 2.52 bits per heavy atom. The molecule has 0 aliphatic heterocycles. The molecule has 1 aromatic heterocycles. The third kappa shape index (κ3) is 6.18. The van der Waals surface area contributed by atoms with Crippen LogP contribution in [-0.2, 0) is 19.7 Å². The lowest BCUT2D eigenvalue weighted by molar-refractivity contribution is 0.282. The molecule has 0 saturated carbocycles. The predicted molar refractivity (Wildman–Crippen MR) is 113 cm³/mol.